The molecule has 0 spiro atoms. The fraction of sp³-hybridized carbons (Fsp3) is 0.515. The van der Waals surface area contributed by atoms with Gasteiger partial charge in [-0.1, -0.05) is 58.7 Å². The number of amides is 2. The molecule has 1 aliphatic heterocycles. The summed E-state index contributed by atoms with van der Waals surface area (Å²) in [4.78, 5) is 34.4. The van der Waals surface area contributed by atoms with E-state index in [9.17, 15) is 18.8 Å². The third-order valence-corrected chi connectivity index (χ3v) is 7.00. The fourth-order valence-electron chi connectivity index (χ4n) is 3.77. The highest BCUT2D eigenvalue weighted by Gasteiger charge is 2.34. The third-order valence-electron chi connectivity index (χ3n) is 5.97. The van der Waals surface area contributed by atoms with Crippen molar-refractivity contribution in [1.29, 1.82) is 5.26 Å². The number of anilines is 1. The van der Waals surface area contributed by atoms with Crippen LogP contribution < -0.4 is 15.4 Å². The Kier molecular flexibility index (Phi) is 17.9. The molecule has 2 amide bonds. The first-order valence-electron chi connectivity index (χ1n) is 14.6. The smallest absolute Gasteiger partial charge is 0.243 e. The van der Waals surface area contributed by atoms with Gasteiger partial charge < -0.3 is 20.3 Å². The average Bonchev–Trinajstić information content (AvgIpc) is 3.69. The van der Waals surface area contributed by atoms with Crippen LogP contribution in [0.3, 0.4) is 0 Å². The summed E-state index contributed by atoms with van der Waals surface area (Å²) in [5.41, 5.74) is 1.66. The van der Waals surface area contributed by atoms with Gasteiger partial charge in [0.15, 0.2) is 0 Å². The van der Waals surface area contributed by atoms with Gasteiger partial charge in [-0.3, -0.25) is 14.3 Å². The molecule has 3 N–H and O–H groups in total. The molecule has 2 fully saturated rings. The molecule has 2 aromatic carbocycles. The molecule has 4 rings (SSSR count). The maximum atomic E-state index is 12.6. The molecular weight excluding hydrogens is 565 g/mol. The minimum absolute atomic E-state index is 0.132. The topological polar surface area (TPSA) is 114 Å². The number of nitrogens with one attached hydrogen (secondary N) is 3. The highest BCUT2D eigenvalue weighted by molar-refractivity contribution is 7.97. The summed E-state index contributed by atoms with van der Waals surface area (Å²) in [5.74, 6) is 0.166. The summed E-state index contributed by atoms with van der Waals surface area (Å²) in [5, 5.41) is 14.0. The number of para-hydroxylation sites is 1. The van der Waals surface area contributed by atoms with Crippen LogP contribution in [0.4, 0.5) is 10.1 Å². The van der Waals surface area contributed by atoms with Crippen LogP contribution in [0.1, 0.15) is 60.3 Å². The van der Waals surface area contributed by atoms with E-state index in [-0.39, 0.29) is 30.7 Å². The van der Waals surface area contributed by atoms with E-state index < -0.39 is 6.04 Å². The largest absolute Gasteiger partial charge is 0.388 e. The molecule has 1 aliphatic carbocycles. The standard InChI is InChI=1S/C12H16FNS.C9H11N3O3.C7H9N.C5H12/c1-9(8-10-2-3-10)14-15-12-6-4-11(13)5-7-12;10-2-8-1-7(5-13)4-12(8)9(15)3-11-6-14;1-8-7-5-3-2-4-6-7;1-5(2,3)4/h4-7,9-10,14H,2-3,8H2,1H3;5-8H,1,3-4H2,(H,11,14);2-6,8H,1H3;1-4H3. The van der Waals surface area contributed by atoms with Crippen molar-refractivity contribution in [2.75, 3.05) is 25.5 Å². The summed E-state index contributed by atoms with van der Waals surface area (Å²) in [6, 6.07) is 18.6. The van der Waals surface area contributed by atoms with E-state index >= 15 is 0 Å². The first-order valence-corrected chi connectivity index (χ1v) is 15.4. The molecular formula is C33H48FN5O3S. The van der Waals surface area contributed by atoms with Gasteiger partial charge in [0.2, 0.25) is 12.3 Å². The number of hydrogen-bond acceptors (Lipinski definition) is 7. The average molecular weight is 614 g/mol. The van der Waals surface area contributed by atoms with Crippen LogP contribution in [0.15, 0.2) is 59.5 Å². The summed E-state index contributed by atoms with van der Waals surface area (Å²) in [7, 11) is 1.91. The molecule has 3 atom stereocenters. The van der Waals surface area contributed by atoms with Crippen molar-refractivity contribution in [2.45, 2.75) is 77.3 Å². The number of halogens is 1. The molecule has 3 unspecified atom stereocenters. The van der Waals surface area contributed by atoms with E-state index in [4.69, 9.17) is 5.26 Å². The zero-order valence-corrected chi connectivity index (χ0v) is 27.1. The number of carbonyl (C=O) groups is 3. The van der Waals surface area contributed by atoms with Crippen LogP contribution in [0.2, 0.25) is 0 Å². The van der Waals surface area contributed by atoms with Crippen molar-refractivity contribution < 1.29 is 18.8 Å². The Balaban J connectivity index is 0.000000310. The molecule has 1 saturated carbocycles. The van der Waals surface area contributed by atoms with E-state index in [0.29, 0.717) is 24.3 Å². The molecule has 236 valence electrons. The number of benzene rings is 2. The lowest BCUT2D eigenvalue weighted by Gasteiger charge is -2.18. The van der Waals surface area contributed by atoms with Crippen LogP contribution in [0.5, 0.6) is 0 Å². The van der Waals surface area contributed by atoms with Crippen molar-refractivity contribution in [3.63, 3.8) is 0 Å². The lowest BCUT2D eigenvalue weighted by atomic mass is 10.0. The third kappa shape index (κ3) is 18.7. The van der Waals surface area contributed by atoms with Gasteiger partial charge in [-0.05, 0) is 79.4 Å². The van der Waals surface area contributed by atoms with Gasteiger partial charge in [-0.25, -0.2) is 4.39 Å². The van der Waals surface area contributed by atoms with E-state index in [1.165, 1.54) is 36.3 Å². The predicted octanol–water partition coefficient (Wildman–Crippen LogP) is 6.06. The molecule has 0 aromatic heterocycles. The molecule has 2 aliphatic rings. The van der Waals surface area contributed by atoms with Crippen molar-refractivity contribution in [1.82, 2.24) is 14.9 Å². The lowest BCUT2D eigenvalue weighted by Crippen LogP contribution is -2.40. The molecule has 8 nitrogen and oxygen atoms in total. The maximum absolute atomic E-state index is 12.6. The zero-order chi connectivity index (χ0) is 32.3. The van der Waals surface area contributed by atoms with Gasteiger partial charge in [0, 0.05) is 36.1 Å². The quantitative estimate of drug-likeness (QED) is 0.220. The summed E-state index contributed by atoms with van der Waals surface area (Å²) in [6.07, 6.45) is 5.61. The molecule has 1 saturated heterocycles. The number of aldehydes is 1. The summed E-state index contributed by atoms with van der Waals surface area (Å²) < 4.78 is 16.0. The lowest BCUT2D eigenvalue weighted by molar-refractivity contribution is -0.131. The van der Waals surface area contributed by atoms with Gasteiger partial charge in [-0.15, -0.1) is 0 Å². The van der Waals surface area contributed by atoms with E-state index in [1.54, 1.807) is 24.1 Å². The molecule has 10 heteroatoms. The van der Waals surface area contributed by atoms with Gasteiger partial charge in [0.05, 0.1) is 12.6 Å². The van der Waals surface area contributed by atoms with Gasteiger partial charge in [-0.2, -0.15) is 5.26 Å². The van der Waals surface area contributed by atoms with E-state index in [0.717, 1.165) is 22.8 Å². The van der Waals surface area contributed by atoms with E-state index in [2.05, 4.69) is 50.0 Å². The number of rotatable bonds is 10. The van der Waals surface area contributed by atoms with Gasteiger partial charge in [0.25, 0.3) is 0 Å². The highest BCUT2D eigenvalue weighted by Crippen LogP contribution is 2.34. The predicted molar refractivity (Wildman–Crippen MR) is 173 cm³/mol. The first-order chi connectivity index (χ1) is 20.4. The maximum Gasteiger partial charge on any atom is 0.243 e. The Morgan fingerprint density at radius 3 is 2.19 bits per heavy atom. The second-order valence-corrected chi connectivity index (χ2v) is 13.1. The van der Waals surface area contributed by atoms with Crippen LogP contribution in [0, 0.1) is 34.4 Å². The number of nitrogens with zero attached hydrogens (tertiary/aromatic N) is 2. The molecule has 2 aromatic rings. The molecule has 43 heavy (non-hydrogen) atoms. The van der Waals surface area contributed by atoms with Crippen molar-refractivity contribution >= 4 is 36.2 Å². The Morgan fingerprint density at radius 2 is 1.72 bits per heavy atom. The van der Waals surface area contributed by atoms with Crippen LogP contribution in [-0.4, -0.2) is 55.7 Å². The fourth-order valence-corrected chi connectivity index (χ4v) is 4.48. The Hall–Kier alpha value is -3.42. The second kappa shape index (κ2) is 20.5. The Morgan fingerprint density at radius 1 is 1.12 bits per heavy atom. The minimum atomic E-state index is -0.554. The number of hydrogen-bond donors (Lipinski definition) is 3. The monoisotopic (exact) mass is 613 g/mol. The molecule has 1 heterocycles. The van der Waals surface area contributed by atoms with Crippen LogP contribution in [0.25, 0.3) is 0 Å². The Labute approximate surface area is 261 Å². The normalized spacial score (nSPS) is 17.7. The van der Waals surface area contributed by atoms with Crippen molar-refractivity contribution in [2.24, 2.45) is 17.3 Å². The molecule has 0 bridgehead atoms. The van der Waals surface area contributed by atoms with Crippen molar-refractivity contribution in [3.8, 4) is 6.07 Å². The Bertz CT molecular complexity index is 1110. The summed E-state index contributed by atoms with van der Waals surface area (Å²) in [6.45, 7) is 11.1. The van der Waals surface area contributed by atoms with Crippen molar-refractivity contribution in [3.05, 3.63) is 60.4 Å². The molecule has 0 radical (unpaired) electrons. The van der Waals surface area contributed by atoms with Crippen LogP contribution in [-0.2, 0) is 14.4 Å². The number of nitriles is 1. The second-order valence-electron chi connectivity index (χ2n) is 12.2. The SMILES string of the molecule is CC(C)(C)C.CC(CC1CC1)NSc1ccc(F)cc1.CNc1ccccc1.N#CC1CC(C=O)CN1C(=O)CNC=O. The minimum Gasteiger partial charge on any atom is -0.388 e. The first kappa shape index (κ1) is 37.6. The number of likely N-dealkylation sites (tertiary alicyclic amines) is 1. The van der Waals surface area contributed by atoms with Crippen LogP contribution >= 0.6 is 11.9 Å². The number of carbonyl (C=O) groups excluding carboxylic acids is 3. The van der Waals surface area contributed by atoms with Gasteiger partial charge >= 0.3 is 0 Å². The van der Waals surface area contributed by atoms with Gasteiger partial charge in [0.1, 0.15) is 18.1 Å². The summed E-state index contributed by atoms with van der Waals surface area (Å²) >= 11 is 1.59. The zero-order valence-electron chi connectivity index (χ0n) is 26.3. The highest BCUT2D eigenvalue weighted by atomic mass is 32.2. The van der Waals surface area contributed by atoms with E-state index in [1.807, 2.05) is 43.4 Å².